The molecule has 110 valence electrons. The Labute approximate surface area is 125 Å². The minimum Gasteiger partial charge on any atom is -0.506 e. The Morgan fingerprint density at radius 1 is 1.29 bits per heavy atom. The van der Waals surface area contributed by atoms with Gasteiger partial charge in [-0.3, -0.25) is 9.78 Å². The number of halogens is 4. The molecule has 2 aromatic rings. The molecule has 0 saturated heterocycles. The molecule has 2 rings (SSSR count). The average Bonchev–Trinajstić information content (AvgIpc) is 2.40. The summed E-state index contributed by atoms with van der Waals surface area (Å²) in [5, 5.41) is 11.8. The molecule has 0 aliphatic rings. The second-order valence-corrected chi connectivity index (χ2v) is 4.89. The van der Waals surface area contributed by atoms with Crippen LogP contribution < -0.4 is 5.32 Å². The van der Waals surface area contributed by atoms with Crippen LogP contribution in [0.2, 0.25) is 0 Å². The van der Waals surface area contributed by atoms with Crippen molar-refractivity contribution in [1.82, 2.24) is 4.98 Å². The molecule has 0 fully saturated rings. The number of aromatic hydroxyl groups is 1. The van der Waals surface area contributed by atoms with E-state index in [1.165, 1.54) is 18.5 Å². The highest BCUT2D eigenvalue weighted by molar-refractivity contribution is 9.10. The molecule has 21 heavy (non-hydrogen) atoms. The van der Waals surface area contributed by atoms with E-state index < -0.39 is 23.4 Å². The normalized spacial score (nSPS) is 11.2. The lowest BCUT2D eigenvalue weighted by Crippen LogP contribution is -2.14. The van der Waals surface area contributed by atoms with E-state index in [9.17, 15) is 23.1 Å². The summed E-state index contributed by atoms with van der Waals surface area (Å²) in [4.78, 5) is 15.8. The van der Waals surface area contributed by atoms with Gasteiger partial charge in [0.25, 0.3) is 5.91 Å². The van der Waals surface area contributed by atoms with Gasteiger partial charge in [-0.25, -0.2) is 0 Å². The number of hydrogen-bond donors (Lipinski definition) is 2. The molecule has 8 heteroatoms. The first-order valence-electron chi connectivity index (χ1n) is 5.60. The molecule has 2 N–H and O–H groups in total. The topological polar surface area (TPSA) is 62.2 Å². The van der Waals surface area contributed by atoms with Crippen molar-refractivity contribution in [2.45, 2.75) is 6.18 Å². The van der Waals surface area contributed by atoms with E-state index in [0.717, 1.165) is 12.1 Å². The number of anilines is 1. The minimum absolute atomic E-state index is 0.182. The van der Waals surface area contributed by atoms with Crippen molar-refractivity contribution < 1.29 is 23.1 Å². The number of amides is 1. The summed E-state index contributed by atoms with van der Waals surface area (Å²) in [7, 11) is 0. The van der Waals surface area contributed by atoms with Gasteiger partial charge in [0.05, 0.1) is 16.8 Å². The van der Waals surface area contributed by atoms with Gasteiger partial charge in [0.1, 0.15) is 5.75 Å². The summed E-state index contributed by atoms with van der Waals surface area (Å²) in [6, 6.07) is 3.67. The smallest absolute Gasteiger partial charge is 0.416 e. The van der Waals surface area contributed by atoms with E-state index >= 15 is 0 Å². The molecule has 0 radical (unpaired) electrons. The lowest BCUT2D eigenvalue weighted by atomic mass is 10.1. The fourth-order valence-electron chi connectivity index (χ4n) is 1.56. The molecule has 1 aromatic carbocycles. The van der Waals surface area contributed by atoms with Gasteiger partial charge in [0, 0.05) is 16.9 Å². The van der Waals surface area contributed by atoms with Crippen LogP contribution in [0.3, 0.4) is 0 Å². The van der Waals surface area contributed by atoms with Crippen molar-refractivity contribution in [3.05, 3.63) is 52.3 Å². The maximum absolute atomic E-state index is 12.6. The fourth-order valence-corrected chi connectivity index (χ4v) is 1.99. The molecule has 0 aliphatic heterocycles. The van der Waals surface area contributed by atoms with Crippen molar-refractivity contribution in [2.75, 3.05) is 5.32 Å². The van der Waals surface area contributed by atoms with E-state index in [1.807, 2.05) is 0 Å². The zero-order valence-electron chi connectivity index (χ0n) is 10.3. The molecular weight excluding hydrogens is 353 g/mol. The Morgan fingerprint density at radius 3 is 2.62 bits per heavy atom. The number of phenols is 1. The van der Waals surface area contributed by atoms with Crippen LogP contribution in [0.1, 0.15) is 15.9 Å². The fraction of sp³-hybridized carbons (Fsp3) is 0.0769. The second kappa shape index (κ2) is 5.72. The van der Waals surface area contributed by atoms with Gasteiger partial charge in [-0.2, -0.15) is 13.2 Å². The average molecular weight is 361 g/mol. The third-order valence-electron chi connectivity index (χ3n) is 2.59. The Hall–Kier alpha value is -2.09. The van der Waals surface area contributed by atoms with Crippen LogP contribution in [0.5, 0.6) is 5.75 Å². The first-order valence-corrected chi connectivity index (χ1v) is 6.39. The first kappa shape index (κ1) is 15.3. The van der Waals surface area contributed by atoms with E-state index in [0.29, 0.717) is 10.5 Å². The molecule has 1 heterocycles. The molecule has 0 unspecified atom stereocenters. The summed E-state index contributed by atoms with van der Waals surface area (Å²) in [6.07, 6.45) is -1.82. The van der Waals surface area contributed by atoms with Crippen LogP contribution >= 0.6 is 15.9 Å². The third kappa shape index (κ3) is 3.52. The maximum atomic E-state index is 12.6. The van der Waals surface area contributed by atoms with Gasteiger partial charge >= 0.3 is 6.18 Å². The van der Waals surface area contributed by atoms with E-state index in [-0.39, 0.29) is 11.3 Å². The zero-order chi connectivity index (χ0) is 15.6. The lowest BCUT2D eigenvalue weighted by molar-refractivity contribution is -0.137. The number of phenolic OH excluding ortho intramolecular Hbond substituents is 1. The molecule has 0 spiro atoms. The second-order valence-electron chi connectivity index (χ2n) is 4.04. The number of hydrogen-bond acceptors (Lipinski definition) is 3. The number of benzene rings is 1. The minimum atomic E-state index is -4.57. The molecule has 4 nitrogen and oxygen atoms in total. The molecular formula is C13H8BrF3N2O2. The number of aromatic nitrogens is 1. The highest BCUT2D eigenvalue weighted by Crippen LogP contribution is 2.34. The predicted molar refractivity (Wildman–Crippen MR) is 73.0 cm³/mol. The van der Waals surface area contributed by atoms with Gasteiger partial charge in [-0.1, -0.05) is 0 Å². The van der Waals surface area contributed by atoms with Crippen LogP contribution in [0.15, 0.2) is 41.1 Å². The summed E-state index contributed by atoms with van der Waals surface area (Å²) < 4.78 is 38.2. The van der Waals surface area contributed by atoms with Crippen molar-refractivity contribution in [3.63, 3.8) is 0 Å². The van der Waals surface area contributed by atoms with Crippen LogP contribution in [0.4, 0.5) is 18.9 Å². The lowest BCUT2D eigenvalue weighted by Gasteiger charge is -2.12. The summed E-state index contributed by atoms with van der Waals surface area (Å²) >= 11 is 3.11. The Morgan fingerprint density at radius 2 is 2.00 bits per heavy atom. The number of nitrogens with zero attached hydrogens (tertiary/aromatic N) is 1. The number of carbonyl (C=O) groups excluding carboxylic acids is 1. The van der Waals surface area contributed by atoms with Crippen molar-refractivity contribution in [1.29, 1.82) is 0 Å². The SMILES string of the molecule is O=C(Nc1cc(C(F)(F)F)ccc1O)c1ccncc1Br. The van der Waals surface area contributed by atoms with Crippen molar-refractivity contribution in [2.24, 2.45) is 0 Å². The highest BCUT2D eigenvalue weighted by Gasteiger charge is 2.31. The number of alkyl halides is 3. The molecule has 1 amide bonds. The van der Waals surface area contributed by atoms with Gasteiger partial charge < -0.3 is 10.4 Å². The quantitative estimate of drug-likeness (QED) is 0.800. The van der Waals surface area contributed by atoms with Crippen LogP contribution in [-0.2, 0) is 6.18 Å². The van der Waals surface area contributed by atoms with Crippen LogP contribution in [0, 0.1) is 0 Å². The number of pyridine rings is 1. The van der Waals surface area contributed by atoms with Gasteiger partial charge in [-0.15, -0.1) is 0 Å². The van der Waals surface area contributed by atoms with Crippen molar-refractivity contribution >= 4 is 27.5 Å². The Bertz CT molecular complexity index is 689. The molecule has 0 atom stereocenters. The maximum Gasteiger partial charge on any atom is 0.416 e. The largest absolute Gasteiger partial charge is 0.506 e. The highest BCUT2D eigenvalue weighted by atomic mass is 79.9. The first-order chi connectivity index (χ1) is 9.79. The summed E-state index contributed by atoms with van der Waals surface area (Å²) in [5.74, 6) is -1.12. The molecule has 0 aliphatic carbocycles. The Balaban J connectivity index is 2.31. The van der Waals surface area contributed by atoms with Crippen LogP contribution in [-0.4, -0.2) is 16.0 Å². The summed E-state index contributed by atoms with van der Waals surface area (Å²) in [6.45, 7) is 0. The van der Waals surface area contributed by atoms with Gasteiger partial charge in [-0.05, 0) is 40.2 Å². The number of nitrogens with one attached hydrogen (secondary N) is 1. The molecule has 0 bridgehead atoms. The van der Waals surface area contributed by atoms with E-state index in [4.69, 9.17) is 0 Å². The third-order valence-corrected chi connectivity index (χ3v) is 3.22. The summed E-state index contributed by atoms with van der Waals surface area (Å²) in [5.41, 5.74) is -1.11. The zero-order valence-corrected chi connectivity index (χ0v) is 11.9. The standard InChI is InChI=1S/C13H8BrF3N2O2/c14-9-6-18-4-3-8(9)12(21)19-10-5-7(13(15,16)17)1-2-11(10)20/h1-6,20H,(H,19,21). The van der Waals surface area contributed by atoms with Crippen molar-refractivity contribution in [3.8, 4) is 5.75 Å². The molecule has 0 saturated carbocycles. The van der Waals surface area contributed by atoms with Crippen LogP contribution in [0.25, 0.3) is 0 Å². The number of carbonyl (C=O) groups is 1. The predicted octanol–water partition coefficient (Wildman–Crippen LogP) is 3.82. The van der Waals surface area contributed by atoms with E-state index in [1.54, 1.807) is 0 Å². The van der Waals surface area contributed by atoms with Gasteiger partial charge in [0.15, 0.2) is 0 Å². The van der Waals surface area contributed by atoms with E-state index in [2.05, 4.69) is 26.2 Å². The van der Waals surface area contributed by atoms with Gasteiger partial charge in [0.2, 0.25) is 0 Å². The molecule has 1 aromatic heterocycles. The Kier molecular flexibility index (Phi) is 4.17. The number of rotatable bonds is 2. The monoisotopic (exact) mass is 360 g/mol.